The van der Waals surface area contributed by atoms with Crippen LogP contribution >= 0.6 is 0 Å². The van der Waals surface area contributed by atoms with Gasteiger partial charge in [0.05, 0.1) is 0 Å². The molecule has 1 nitrogen and oxygen atoms in total. The Morgan fingerprint density at radius 3 is 2.85 bits per heavy atom. The second-order valence-electron chi connectivity index (χ2n) is 4.80. The third kappa shape index (κ3) is 1.25. The fraction of sp³-hybridized carbons (Fsp3) is 0.750. The predicted molar refractivity (Wildman–Crippen MR) is 53.4 cm³/mol. The van der Waals surface area contributed by atoms with Gasteiger partial charge >= 0.3 is 0 Å². The van der Waals surface area contributed by atoms with Crippen molar-refractivity contribution in [2.24, 2.45) is 11.3 Å². The van der Waals surface area contributed by atoms with Crippen LogP contribution in [-0.2, 0) is 4.79 Å². The molecule has 0 aromatic rings. The number of Topliss-reactive ketones (excluding diaryl/α,β-unsaturated/α-hetero) is 1. The van der Waals surface area contributed by atoms with Gasteiger partial charge in [-0.3, -0.25) is 4.79 Å². The SMILES string of the molecule is C=C1CCC[C@]2(C)C(=O)CCC[C@H]12. The summed E-state index contributed by atoms with van der Waals surface area (Å²) < 4.78 is 0. The van der Waals surface area contributed by atoms with Crippen LogP contribution in [0.2, 0.25) is 0 Å². The summed E-state index contributed by atoms with van der Waals surface area (Å²) in [6.45, 7) is 6.28. The van der Waals surface area contributed by atoms with E-state index in [-0.39, 0.29) is 5.41 Å². The van der Waals surface area contributed by atoms with Gasteiger partial charge in [-0.25, -0.2) is 0 Å². The molecule has 2 rings (SSSR count). The largest absolute Gasteiger partial charge is 0.299 e. The molecule has 2 aliphatic carbocycles. The van der Waals surface area contributed by atoms with Gasteiger partial charge in [-0.15, -0.1) is 0 Å². The Kier molecular flexibility index (Phi) is 2.05. The van der Waals surface area contributed by atoms with Crippen molar-refractivity contribution in [1.29, 1.82) is 0 Å². The lowest BCUT2D eigenvalue weighted by molar-refractivity contribution is -0.134. The first-order valence-electron chi connectivity index (χ1n) is 5.35. The average molecular weight is 178 g/mol. The highest BCUT2D eigenvalue weighted by atomic mass is 16.1. The molecule has 0 aliphatic heterocycles. The van der Waals surface area contributed by atoms with Crippen LogP contribution in [0.4, 0.5) is 0 Å². The molecule has 0 aromatic heterocycles. The molecule has 2 aliphatic rings. The number of carbonyl (C=O) groups is 1. The van der Waals surface area contributed by atoms with Gasteiger partial charge in [0, 0.05) is 11.8 Å². The average Bonchev–Trinajstić information content (AvgIpc) is 2.08. The monoisotopic (exact) mass is 178 g/mol. The second kappa shape index (κ2) is 2.97. The molecule has 0 unspecified atom stereocenters. The minimum Gasteiger partial charge on any atom is -0.299 e. The van der Waals surface area contributed by atoms with Gasteiger partial charge in [0.2, 0.25) is 0 Å². The topological polar surface area (TPSA) is 17.1 Å². The number of fused-ring (bicyclic) bond motifs is 1. The Morgan fingerprint density at radius 2 is 2.15 bits per heavy atom. The van der Waals surface area contributed by atoms with Crippen LogP contribution in [0.3, 0.4) is 0 Å². The maximum absolute atomic E-state index is 11.9. The normalized spacial score (nSPS) is 40.2. The highest BCUT2D eigenvalue weighted by Crippen LogP contribution is 2.49. The lowest BCUT2D eigenvalue weighted by atomic mass is 9.58. The molecule has 72 valence electrons. The molecule has 0 amide bonds. The van der Waals surface area contributed by atoms with Gasteiger partial charge in [0.1, 0.15) is 5.78 Å². The van der Waals surface area contributed by atoms with E-state index in [9.17, 15) is 4.79 Å². The van der Waals surface area contributed by atoms with Crippen molar-refractivity contribution in [1.82, 2.24) is 0 Å². The van der Waals surface area contributed by atoms with Crippen LogP contribution < -0.4 is 0 Å². The third-order valence-electron chi connectivity index (χ3n) is 3.99. The van der Waals surface area contributed by atoms with Crippen molar-refractivity contribution < 1.29 is 4.79 Å². The number of rotatable bonds is 0. The summed E-state index contributed by atoms with van der Waals surface area (Å²) in [5.41, 5.74) is 1.30. The molecule has 0 spiro atoms. The summed E-state index contributed by atoms with van der Waals surface area (Å²) in [5, 5.41) is 0. The molecular weight excluding hydrogens is 160 g/mol. The Labute approximate surface area is 80.2 Å². The quantitative estimate of drug-likeness (QED) is 0.521. The molecule has 2 fully saturated rings. The predicted octanol–water partition coefficient (Wildman–Crippen LogP) is 3.10. The zero-order chi connectivity index (χ0) is 9.47. The van der Waals surface area contributed by atoms with Gasteiger partial charge in [-0.2, -0.15) is 0 Å². The summed E-state index contributed by atoms with van der Waals surface area (Å²) in [4.78, 5) is 11.9. The zero-order valence-corrected chi connectivity index (χ0v) is 8.44. The van der Waals surface area contributed by atoms with Gasteiger partial charge in [0.25, 0.3) is 0 Å². The lowest BCUT2D eigenvalue weighted by Crippen LogP contribution is -2.42. The van der Waals surface area contributed by atoms with Crippen molar-refractivity contribution in [3.05, 3.63) is 12.2 Å². The third-order valence-corrected chi connectivity index (χ3v) is 3.99. The fourth-order valence-electron chi connectivity index (χ4n) is 3.09. The van der Waals surface area contributed by atoms with Crippen LogP contribution in [0.15, 0.2) is 12.2 Å². The van der Waals surface area contributed by atoms with Crippen molar-refractivity contribution in [3.8, 4) is 0 Å². The van der Waals surface area contributed by atoms with E-state index < -0.39 is 0 Å². The Hall–Kier alpha value is -0.590. The lowest BCUT2D eigenvalue weighted by Gasteiger charge is -2.44. The molecule has 2 saturated carbocycles. The fourth-order valence-corrected chi connectivity index (χ4v) is 3.09. The summed E-state index contributed by atoms with van der Waals surface area (Å²) in [5.74, 6) is 0.993. The first-order valence-corrected chi connectivity index (χ1v) is 5.35. The summed E-state index contributed by atoms with van der Waals surface area (Å²) in [7, 11) is 0. The minimum absolute atomic E-state index is 0.0341. The first-order chi connectivity index (χ1) is 6.14. The number of hydrogen-bond acceptors (Lipinski definition) is 1. The van der Waals surface area contributed by atoms with Gasteiger partial charge < -0.3 is 0 Å². The molecule has 0 saturated heterocycles. The molecule has 2 atom stereocenters. The molecule has 0 aromatic carbocycles. The van der Waals surface area contributed by atoms with Crippen LogP contribution in [0.5, 0.6) is 0 Å². The van der Waals surface area contributed by atoms with E-state index in [1.807, 2.05) is 0 Å². The van der Waals surface area contributed by atoms with Gasteiger partial charge in [-0.05, 0) is 38.0 Å². The second-order valence-corrected chi connectivity index (χ2v) is 4.80. The van der Waals surface area contributed by atoms with Crippen LogP contribution in [0.1, 0.15) is 45.4 Å². The van der Waals surface area contributed by atoms with Crippen LogP contribution in [-0.4, -0.2) is 5.78 Å². The molecular formula is C12H18O. The van der Waals surface area contributed by atoms with Gasteiger partial charge in [0.15, 0.2) is 0 Å². The van der Waals surface area contributed by atoms with Crippen LogP contribution in [0.25, 0.3) is 0 Å². The maximum atomic E-state index is 11.9. The van der Waals surface area contributed by atoms with E-state index in [1.54, 1.807) is 0 Å². The van der Waals surface area contributed by atoms with E-state index in [1.165, 1.54) is 12.0 Å². The Bertz CT molecular complexity index is 254. The maximum Gasteiger partial charge on any atom is 0.139 e. The molecule has 0 radical (unpaired) electrons. The van der Waals surface area contributed by atoms with Crippen molar-refractivity contribution in [3.63, 3.8) is 0 Å². The zero-order valence-electron chi connectivity index (χ0n) is 8.44. The molecule has 0 heterocycles. The molecule has 0 N–H and O–H groups in total. The van der Waals surface area contributed by atoms with Crippen LogP contribution in [0, 0.1) is 11.3 Å². The number of ketones is 1. The highest BCUT2D eigenvalue weighted by molar-refractivity contribution is 5.86. The van der Waals surface area contributed by atoms with Crippen molar-refractivity contribution in [2.45, 2.75) is 45.4 Å². The van der Waals surface area contributed by atoms with Crippen molar-refractivity contribution >= 4 is 5.78 Å². The summed E-state index contributed by atoms with van der Waals surface area (Å²) in [6, 6.07) is 0. The van der Waals surface area contributed by atoms with Crippen molar-refractivity contribution in [2.75, 3.05) is 0 Å². The van der Waals surface area contributed by atoms with E-state index >= 15 is 0 Å². The van der Waals surface area contributed by atoms with Gasteiger partial charge in [-0.1, -0.05) is 19.1 Å². The van der Waals surface area contributed by atoms with E-state index in [4.69, 9.17) is 0 Å². The first kappa shape index (κ1) is 8.98. The summed E-state index contributed by atoms with van der Waals surface area (Å²) in [6.07, 6.45) is 6.49. The number of carbonyl (C=O) groups excluding carboxylic acids is 1. The summed E-state index contributed by atoms with van der Waals surface area (Å²) >= 11 is 0. The Balaban J connectivity index is 2.29. The molecule has 1 heteroatoms. The molecule has 13 heavy (non-hydrogen) atoms. The number of allylic oxidation sites excluding steroid dienone is 1. The number of hydrogen-bond donors (Lipinski definition) is 0. The Morgan fingerprint density at radius 1 is 1.38 bits per heavy atom. The van der Waals surface area contributed by atoms with E-state index in [2.05, 4.69) is 13.5 Å². The molecule has 0 bridgehead atoms. The van der Waals surface area contributed by atoms with E-state index in [0.717, 1.165) is 32.1 Å². The smallest absolute Gasteiger partial charge is 0.139 e. The van der Waals surface area contributed by atoms with E-state index in [0.29, 0.717) is 11.7 Å². The highest BCUT2D eigenvalue weighted by Gasteiger charge is 2.45. The standard InChI is InChI=1S/C12H18O/c1-9-5-4-8-12(2)10(9)6-3-7-11(12)13/h10H,1,3-8H2,2H3/t10-,12+/m1/s1. The minimum atomic E-state index is -0.0341.